The largest absolute Gasteiger partial charge is 0.494 e. The van der Waals surface area contributed by atoms with Gasteiger partial charge in [0.2, 0.25) is 16.8 Å². The molecule has 0 aliphatic carbocycles. The van der Waals surface area contributed by atoms with E-state index in [-0.39, 0.29) is 62.0 Å². The number of carbonyl (C=O) groups is 2. The van der Waals surface area contributed by atoms with E-state index in [9.17, 15) is 23.1 Å². The number of alkyl carbamates (subject to hydrolysis) is 1. The Hall–Kier alpha value is -3.63. The molecule has 0 radical (unpaired) electrons. The van der Waals surface area contributed by atoms with Gasteiger partial charge in [0.15, 0.2) is 17.8 Å². The molecule has 14 nitrogen and oxygen atoms in total. The van der Waals surface area contributed by atoms with Crippen molar-refractivity contribution in [1.82, 2.24) is 9.62 Å². The summed E-state index contributed by atoms with van der Waals surface area (Å²) in [4.78, 5) is 24.5. The highest BCUT2D eigenvalue weighted by Crippen LogP contribution is 2.35. The zero-order valence-corrected chi connectivity index (χ0v) is 28.2. The number of aliphatic hydroxyl groups is 1. The van der Waals surface area contributed by atoms with Crippen LogP contribution in [-0.2, 0) is 40.2 Å². The molecule has 3 heterocycles. The standard InChI is InChI=1S/C33H44N2O12S/c1-21(2)17-35(48(39,40)24-10-11-28-29(16-24)46-20-45-28)18-27(36)26(34-33(38)47-30-19-44-32-25(30)12-14-43-32)15-22-6-8-23(9-7-22)42-13-4-5-31(37)41-3/h6-11,16,21,25-27,30,32,36H,4-5,12-15,17-20H2,1-3H3,(H,34,38)/t25-,26+,27+,30-,32+/m0/s1. The third-order valence-corrected chi connectivity index (χ3v) is 10.2. The second kappa shape index (κ2) is 16.2. The molecule has 15 heteroatoms. The smallest absolute Gasteiger partial charge is 0.407 e. The second-order valence-corrected chi connectivity index (χ2v) is 14.3. The first-order valence-electron chi connectivity index (χ1n) is 16.1. The maximum Gasteiger partial charge on any atom is 0.407 e. The third kappa shape index (κ3) is 9.08. The van der Waals surface area contributed by atoms with Gasteiger partial charge >= 0.3 is 12.1 Å². The maximum absolute atomic E-state index is 13.9. The fourth-order valence-electron chi connectivity index (χ4n) is 5.84. The molecule has 5 rings (SSSR count). The van der Waals surface area contributed by atoms with Crippen molar-refractivity contribution in [3.8, 4) is 17.2 Å². The van der Waals surface area contributed by atoms with Crippen molar-refractivity contribution < 1.29 is 56.3 Å². The fraction of sp³-hybridized carbons (Fsp3) is 0.576. The van der Waals surface area contributed by atoms with E-state index in [2.05, 4.69) is 10.1 Å². The molecule has 3 aliphatic heterocycles. The molecule has 0 unspecified atom stereocenters. The van der Waals surface area contributed by atoms with Crippen molar-refractivity contribution in [3.63, 3.8) is 0 Å². The minimum atomic E-state index is -4.08. The van der Waals surface area contributed by atoms with Crippen LogP contribution in [0.1, 0.15) is 38.7 Å². The number of ether oxygens (including phenoxy) is 7. The van der Waals surface area contributed by atoms with E-state index in [1.165, 1.54) is 23.5 Å². The minimum absolute atomic E-state index is 0.000244. The van der Waals surface area contributed by atoms with Crippen LogP contribution in [-0.4, -0.2) is 101 Å². The summed E-state index contributed by atoms with van der Waals surface area (Å²) in [7, 11) is -2.75. The normalized spacial score (nSPS) is 21.2. The Morgan fingerprint density at radius 1 is 1.06 bits per heavy atom. The van der Waals surface area contributed by atoms with Crippen LogP contribution in [0.5, 0.6) is 17.2 Å². The van der Waals surface area contributed by atoms with Gasteiger partial charge in [-0.15, -0.1) is 0 Å². The van der Waals surface area contributed by atoms with Crippen molar-refractivity contribution >= 4 is 22.1 Å². The number of hydrogen-bond donors (Lipinski definition) is 2. The molecule has 264 valence electrons. The molecule has 0 saturated carbocycles. The van der Waals surface area contributed by atoms with Gasteiger partial charge in [-0.2, -0.15) is 4.31 Å². The fourth-order valence-corrected chi connectivity index (χ4v) is 7.48. The Morgan fingerprint density at radius 3 is 2.58 bits per heavy atom. The summed E-state index contributed by atoms with van der Waals surface area (Å²) < 4.78 is 66.9. The monoisotopic (exact) mass is 692 g/mol. The van der Waals surface area contributed by atoms with E-state index in [1.54, 1.807) is 30.3 Å². The van der Waals surface area contributed by atoms with Crippen molar-refractivity contribution in [2.75, 3.05) is 46.8 Å². The van der Waals surface area contributed by atoms with Crippen molar-refractivity contribution in [1.29, 1.82) is 0 Å². The van der Waals surface area contributed by atoms with Gasteiger partial charge in [-0.05, 0) is 55.0 Å². The van der Waals surface area contributed by atoms with Crippen LogP contribution in [0.15, 0.2) is 47.4 Å². The number of aliphatic hydroxyl groups excluding tert-OH is 1. The Bertz CT molecular complexity index is 1500. The van der Waals surface area contributed by atoms with Gasteiger partial charge in [-0.1, -0.05) is 26.0 Å². The molecule has 0 aromatic heterocycles. The third-order valence-electron chi connectivity index (χ3n) is 8.35. The number of benzene rings is 2. The molecule has 2 N–H and O–H groups in total. The highest BCUT2D eigenvalue weighted by molar-refractivity contribution is 7.89. The van der Waals surface area contributed by atoms with Crippen LogP contribution in [0, 0.1) is 11.8 Å². The first-order valence-corrected chi connectivity index (χ1v) is 17.5. The molecule has 0 spiro atoms. The van der Waals surface area contributed by atoms with Crippen LogP contribution in [0.3, 0.4) is 0 Å². The van der Waals surface area contributed by atoms with E-state index in [0.29, 0.717) is 43.3 Å². The van der Waals surface area contributed by atoms with Gasteiger partial charge in [0.05, 0.1) is 49.9 Å². The predicted molar refractivity (Wildman–Crippen MR) is 170 cm³/mol. The lowest BCUT2D eigenvalue weighted by Crippen LogP contribution is -2.51. The zero-order chi connectivity index (χ0) is 34.3. The van der Waals surface area contributed by atoms with Crippen molar-refractivity contribution in [2.24, 2.45) is 11.8 Å². The van der Waals surface area contributed by atoms with E-state index in [0.717, 1.165) is 5.56 Å². The number of hydrogen-bond acceptors (Lipinski definition) is 12. The Morgan fingerprint density at radius 2 is 1.83 bits per heavy atom. The number of sulfonamides is 1. The number of rotatable bonds is 16. The van der Waals surface area contributed by atoms with Gasteiger partial charge in [-0.3, -0.25) is 4.79 Å². The SMILES string of the molecule is COC(=O)CCCOc1ccc(C[C@@H](NC(=O)O[C@H]2CO[C@H]3OCC[C@H]32)[C@H](O)CN(CC(C)C)S(=O)(=O)c2ccc3c(c2)OCO3)cc1. The maximum atomic E-state index is 13.9. The highest BCUT2D eigenvalue weighted by atomic mass is 32.2. The van der Waals surface area contributed by atoms with Crippen LogP contribution in [0.25, 0.3) is 0 Å². The molecule has 3 aliphatic rings. The van der Waals surface area contributed by atoms with Crippen LogP contribution in [0.4, 0.5) is 4.79 Å². The van der Waals surface area contributed by atoms with Crippen LogP contribution >= 0.6 is 0 Å². The Kier molecular flexibility index (Phi) is 12.0. The number of methoxy groups -OCH3 is 1. The molecule has 0 bridgehead atoms. The van der Waals surface area contributed by atoms with Crippen molar-refractivity contribution in [2.45, 2.75) is 69.0 Å². The number of esters is 1. The Labute approximate surface area is 280 Å². The summed E-state index contributed by atoms with van der Waals surface area (Å²) >= 11 is 0. The summed E-state index contributed by atoms with van der Waals surface area (Å²) in [5.74, 6) is 0.907. The summed E-state index contributed by atoms with van der Waals surface area (Å²) in [6.07, 6.45) is -1.38. The molecule has 2 aromatic rings. The first-order chi connectivity index (χ1) is 23.0. The lowest BCUT2D eigenvalue weighted by Gasteiger charge is -2.31. The average Bonchev–Trinajstić information content (AvgIpc) is 3.81. The summed E-state index contributed by atoms with van der Waals surface area (Å²) in [5, 5.41) is 14.4. The summed E-state index contributed by atoms with van der Waals surface area (Å²) in [6.45, 7) is 4.63. The van der Waals surface area contributed by atoms with Gasteiger partial charge in [0.1, 0.15) is 11.9 Å². The second-order valence-electron chi connectivity index (χ2n) is 12.4. The van der Waals surface area contributed by atoms with Gasteiger partial charge < -0.3 is 43.6 Å². The van der Waals surface area contributed by atoms with Gasteiger partial charge in [-0.25, -0.2) is 13.2 Å². The molecular weight excluding hydrogens is 648 g/mol. The van der Waals surface area contributed by atoms with E-state index in [4.69, 9.17) is 28.4 Å². The molecular formula is C33H44N2O12S. The van der Waals surface area contributed by atoms with Crippen LogP contribution in [0.2, 0.25) is 0 Å². The molecule has 1 amide bonds. The number of carbonyl (C=O) groups excluding carboxylic acids is 2. The van der Waals surface area contributed by atoms with Crippen molar-refractivity contribution in [3.05, 3.63) is 48.0 Å². The lowest BCUT2D eigenvalue weighted by atomic mass is 10.0. The number of fused-ring (bicyclic) bond motifs is 2. The number of nitrogens with one attached hydrogen (secondary N) is 1. The average molecular weight is 693 g/mol. The summed E-state index contributed by atoms with van der Waals surface area (Å²) in [6, 6.07) is 10.6. The molecule has 2 saturated heterocycles. The summed E-state index contributed by atoms with van der Waals surface area (Å²) in [5.41, 5.74) is 0.753. The molecule has 2 fully saturated rings. The minimum Gasteiger partial charge on any atom is -0.494 e. The highest BCUT2D eigenvalue weighted by Gasteiger charge is 2.44. The molecule has 2 aromatic carbocycles. The number of nitrogens with zero attached hydrogens (tertiary/aromatic N) is 1. The quantitative estimate of drug-likeness (QED) is 0.195. The zero-order valence-electron chi connectivity index (χ0n) is 27.4. The molecule has 5 atom stereocenters. The van der Waals surface area contributed by atoms with Gasteiger partial charge in [0, 0.05) is 25.6 Å². The van der Waals surface area contributed by atoms with E-state index in [1.807, 2.05) is 13.8 Å². The number of amides is 1. The lowest BCUT2D eigenvalue weighted by molar-refractivity contribution is -0.140. The molecule has 48 heavy (non-hydrogen) atoms. The van der Waals surface area contributed by atoms with Gasteiger partial charge in [0.25, 0.3) is 0 Å². The topological polar surface area (TPSA) is 168 Å². The van der Waals surface area contributed by atoms with E-state index >= 15 is 0 Å². The first kappa shape index (κ1) is 35.7. The van der Waals surface area contributed by atoms with Crippen LogP contribution < -0.4 is 19.5 Å². The Balaban J connectivity index is 1.30. The van der Waals surface area contributed by atoms with E-state index < -0.39 is 40.7 Å². The predicted octanol–water partition coefficient (Wildman–Crippen LogP) is 2.85.